The van der Waals surface area contributed by atoms with Crippen molar-refractivity contribution in [2.45, 2.75) is 24.0 Å². The molecule has 3 aromatic rings. The SMILES string of the molecule is CC(C)Sc1ccccc1C(=O)Nc1cccc(Oc2ccncc2)c1. The van der Waals surface area contributed by atoms with Gasteiger partial charge < -0.3 is 10.1 Å². The van der Waals surface area contributed by atoms with E-state index in [-0.39, 0.29) is 5.91 Å². The molecular formula is C21H20N2O2S. The number of nitrogens with zero attached hydrogens (tertiary/aromatic N) is 1. The van der Waals surface area contributed by atoms with Gasteiger partial charge in [0.05, 0.1) is 5.56 Å². The van der Waals surface area contributed by atoms with Crippen molar-refractivity contribution < 1.29 is 9.53 Å². The Morgan fingerprint density at radius 2 is 1.77 bits per heavy atom. The molecule has 0 bridgehead atoms. The molecule has 132 valence electrons. The van der Waals surface area contributed by atoms with E-state index in [1.807, 2.05) is 42.5 Å². The van der Waals surface area contributed by atoms with Crippen LogP contribution < -0.4 is 10.1 Å². The third-order valence-corrected chi connectivity index (χ3v) is 4.55. The number of pyridine rings is 1. The Balaban J connectivity index is 1.75. The number of amides is 1. The van der Waals surface area contributed by atoms with Crippen molar-refractivity contribution in [2.24, 2.45) is 0 Å². The molecular weight excluding hydrogens is 344 g/mol. The van der Waals surface area contributed by atoms with Crippen LogP contribution >= 0.6 is 11.8 Å². The van der Waals surface area contributed by atoms with Crippen LogP contribution in [-0.4, -0.2) is 16.1 Å². The quantitative estimate of drug-likeness (QED) is 0.576. The Labute approximate surface area is 157 Å². The van der Waals surface area contributed by atoms with E-state index in [1.54, 1.807) is 42.4 Å². The molecule has 0 aliphatic carbocycles. The standard InChI is InChI=1S/C21H20N2O2S/c1-15(2)26-20-9-4-3-8-19(20)21(24)23-16-6-5-7-18(14-16)25-17-10-12-22-13-11-17/h3-15H,1-2H3,(H,23,24). The predicted molar refractivity (Wildman–Crippen MR) is 106 cm³/mol. The maximum atomic E-state index is 12.7. The van der Waals surface area contributed by atoms with Crippen LogP contribution in [0.1, 0.15) is 24.2 Å². The van der Waals surface area contributed by atoms with E-state index in [4.69, 9.17) is 4.74 Å². The largest absolute Gasteiger partial charge is 0.457 e. The zero-order valence-corrected chi connectivity index (χ0v) is 15.5. The first kappa shape index (κ1) is 18.0. The minimum absolute atomic E-state index is 0.130. The Morgan fingerprint density at radius 3 is 2.54 bits per heavy atom. The topological polar surface area (TPSA) is 51.2 Å². The van der Waals surface area contributed by atoms with Crippen LogP contribution in [0.25, 0.3) is 0 Å². The third-order valence-electron chi connectivity index (χ3n) is 3.47. The minimum atomic E-state index is -0.130. The number of rotatable bonds is 6. The van der Waals surface area contributed by atoms with Crippen LogP contribution in [0.15, 0.2) is 78.0 Å². The number of ether oxygens (including phenoxy) is 1. The molecule has 1 amide bonds. The highest BCUT2D eigenvalue weighted by atomic mass is 32.2. The second kappa shape index (κ2) is 8.54. The number of nitrogens with one attached hydrogen (secondary N) is 1. The van der Waals surface area contributed by atoms with Crippen LogP contribution in [0, 0.1) is 0 Å². The summed E-state index contributed by atoms with van der Waals surface area (Å²) in [5, 5.41) is 3.36. The van der Waals surface area contributed by atoms with Gasteiger partial charge in [0.15, 0.2) is 0 Å². The molecule has 0 fully saturated rings. The lowest BCUT2D eigenvalue weighted by Crippen LogP contribution is -2.13. The van der Waals surface area contributed by atoms with Gasteiger partial charge in [0, 0.05) is 34.3 Å². The predicted octanol–water partition coefficient (Wildman–Crippen LogP) is 5.63. The summed E-state index contributed by atoms with van der Waals surface area (Å²) in [6.07, 6.45) is 3.34. The first-order valence-electron chi connectivity index (χ1n) is 8.37. The lowest BCUT2D eigenvalue weighted by Gasteiger charge is -2.12. The molecule has 0 saturated carbocycles. The van der Waals surface area contributed by atoms with Crippen LogP contribution in [-0.2, 0) is 0 Å². The third kappa shape index (κ3) is 4.86. The summed E-state index contributed by atoms with van der Waals surface area (Å²) in [4.78, 5) is 17.7. The number of carbonyl (C=O) groups is 1. The van der Waals surface area contributed by atoms with Gasteiger partial charge in [-0.3, -0.25) is 9.78 Å². The Morgan fingerprint density at radius 1 is 1.00 bits per heavy atom. The first-order valence-corrected chi connectivity index (χ1v) is 9.25. The number of hydrogen-bond acceptors (Lipinski definition) is 4. The van der Waals surface area contributed by atoms with Crippen molar-refractivity contribution in [3.05, 3.63) is 78.6 Å². The van der Waals surface area contributed by atoms with Gasteiger partial charge in [-0.2, -0.15) is 0 Å². The summed E-state index contributed by atoms with van der Waals surface area (Å²) in [5.41, 5.74) is 1.36. The lowest BCUT2D eigenvalue weighted by atomic mass is 10.2. The maximum Gasteiger partial charge on any atom is 0.256 e. The molecule has 5 heteroatoms. The monoisotopic (exact) mass is 364 g/mol. The van der Waals surface area contributed by atoms with Crippen molar-refractivity contribution in [1.82, 2.24) is 4.98 Å². The average molecular weight is 364 g/mol. The highest BCUT2D eigenvalue weighted by Crippen LogP contribution is 2.28. The highest BCUT2D eigenvalue weighted by molar-refractivity contribution is 8.00. The molecule has 1 N–H and O–H groups in total. The molecule has 2 aromatic carbocycles. The Hall–Kier alpha value is -2.79. The fourth-order valence-corrected chi connectivity index (χ4v) is 3.34. The summed E-state index contributed by atoms with van der Waals surface area (Å²) in [7, 11) is 0. The molecule has 0 unspecified atom stereocenters. The van der Waals surface area contributed by atoms with Crippen molar-refractivity contribution >= 4 is 23.4 Å². The van der Waals surface area contributed by atoms with Gasteiger partial charge in [0.1, 0.15) is 11.5 Å². The van der Waals surface area contributed by atoms with Gasteiger partial charge in [-0.25, -0.2) is 0 Å². The Kier molecular flexibility index (Phi) is 5.92. The second-order valence-corrected chi connectivity index (χ2v) is 7.55. The molecule has 0 saturated heterocycles. The van der Waals surface area contributed by atoms with Gasteiger partial charge in [-0.05, 0) is 36.4 Å². The molecule has 1 heterocycles. The van der Waals surface area contributed by atoms with Crippen molar-refractivity contribution in [2.75, 3.05) is 5.32 Å². The van der Waals surface area contributed by atoms with E-state index < -0.39 is 0 Å². The van der Waals surface area contributed by atoms with Crippen LogP contribution in [0.3, 0.4) is 0 Å². The van der Waals surface area contributed by atoms with E-state index in [0.29, 0.717) is 28.0 Å². The number of benzene rings is 2. The fraction of sp³-hybridized carbons (Fsp3) is 0.143. The molecule has 3 rings (SSSR count). The molecule has 4 nitrogen and oxygen atoms in total. The van der Waals surface area contributed by atoms with Crippen molar-refractivity contribution in [3.63, 3.8) is 0 Å². The number of thioether (sulfide) groups is 1. The molecule has 0 radical (unpaired) electrons. The average Bonchev–Trinajstić information content (AvgIpc) is 2.63. The van der Waals surface area contributed by atoms with Crippen molar-refractivity contribution in [1.29, 1.82) is 0 Å². The highest BCUT2D eigenvalue weighted by Gasteiger charge is 2.13. The lowest BCUT2D eigenvalue weighted by molar-refractivity contribution is 0.102. The van der Waals surface area contributed by atoms with Gasteiger partial charge in [-0.15, -0.1) is 11.8 Å². The summed E-state index contributed by atoms with van der Waals surface area (Å²) in [6, 6.07) is 18.5. The molecule has 0 aliphatic rings. The molecule has 0 atom stereocenters. The van der Waals surface area contributed by atoms with Gasteiger partial charge >= 0.3 is 0 Å². The summed E-state index contributed by atoms with van der Waals surface area (Å²) in [6.45, 7) is 4.22. The van der Waals surface area contributed by atoms with E-state index in [1.165, 1.54) is 0 Å². The summed E-state index contributed by atoms with van der Waals surface area (Å²) in [5.74, 6) is 1.22. The van der Waals surface area contributed by atoms with E-state index in [0.717, 1.165) is 4.90 Å². The van der Waals surface area contributed by atoms with Gasteiger partial charge in [0.25, 0.3) is 5.91 Å². The summed E-state index contributed by atoms with van der Waals surface area (Å²) >= 11 is 1.68. The first-order chi connectivity index (χ1) is 12.6. The number of hydrogen-bond donors (Lipinski definition) is 1. The molecule has 1 aromatic heterocycles. The normalized spacial score (nSPS) is 10.6. The maximum absolute atomic E-state index is 12.7. The number of aromatic nitrogens is 1. The van der Waals surface area contributed by atoms with E-state index >= 15 is 0 Å². The smallest absolute Gasteiger partial charge is 0.256 e. The number of anilines is 1. The van der Waals surface area contributed by atoms with Crippen LogP contribution in [0.2, 0.25) is 0 Å². The van der Waals surface area contributed by atoms with Gasteiger partial charge in [-0.1, -0.05) is 32.0 Å². The zero-order chi connectivity index (χ0) is 18.4. The van der Waals surface area contributed by atoms with Crippen LogP contribution in [0.5, 0.6) is 11.5 Å². The zero-order valence-electron chi connectivity index (χ0n) is 14.7. The fourth-order valence-electron chi connectivity index (χ4n) is 2.39. The summed E-state index contributed by atoms with van der Waals surface area (Å²) < 4.78 is 5.79. The van der Waals surface area contributed by atoms with Gasteiger partial charge in [0.2, 0.25) is 0 Å². The molecule has 0 aliphatic heterocycles. The molecule has 0 spiro atoms. The number of carbonyl (C=O) groups excluding carboxylic acids is 1. The Bertz CT molecular complexity index is 882. The van der Waals surface area contributed by atoms with E-state index in [9.17, 15) is 4.79 Å². The van der Waals surface area contributed by atoms with Crippen LogP contribution in [0.4, 0.5) is 5.69 Å². The minimum Gasteiger partial charge on any atom is -0.457 e. The second-order valence-electron chi connectivity index (χ2n) is 5.93. The van der Waals surface area contributed by atoms with Crippen molar-refractivity contribution in [3.8, 4) is 11.5 Å². The van der Waals surface area contributed by atoms with E-state index in [2.05, 4.69) is 24.1 Å². The molecule has 26 heavy (non-hydrogen) atoms.